The molecule has 0 radical (unpaired) electrons. The Bertz CT molecular complexity index is 843. The van der Waals surface area contributed by atoms with Crippen molar-refractivity contribution in [1.82, 2.24) is 10.2 Å². The number of nitrogens with zero attached hydrogens (tertiary/aromatic N) is 1. The Labute approximate surface area is 150 Å². The molecule has 1 unspecified atom stereocenters. The summed E-state index contributed by atoms with van der Waals surface area (Å²) in [5.74, 6) is 0.663. The van der Waals surface area contributed by atoms with Crippen molar-refractivity contribution >= 4 is 17.2 Å². The summed E-state index contributed by atoms with van der Waals surface area (Å²) in [5.41, 5.74) is 1.79. The predicted molar refractivity (Wildman–Crippen MR) is 98.0 cm³/mol. The second kappa shape index (κ2) is 6.54. The Morgan fingerprint density at radius 3 is 3.00 bits per heavy atom. The molecule has 1 aromatic carbocycles. The van der Waals surface area contributed by atoms with E-state index in [4.69, 9.17) is 4.74 Å². The smallest absolute Gasteiger partial charge is 0.244 e. The number of carbonyl (C=O) groups excluding carboxylic acids is 1. The molecule has 2 N–H and O–H groups in total. The summed E-state index contributed by atoms with van der Waals surface area (Å²) < 4.78 is 5.74. The average Bonchev–Trinajstić information content (AvgIpc) is 3.22. The fourth-order valence-electron chi connectivity index (χ4n) is 3.25. The van der Waals surface area contributed by atoms with Gasteiger partial charge in [-0.25, -0.2) is 0 Å². The van der Waals surface area contributed by atoms with E-state index in [1.165, 1.54) is 4.88 Å². The van der Waals surface area contributed by atoms with Crippen LogP contribution in [0.15, 0.2) is 36.4 Å². The number of fused-ring (bicyclic) bond motifs is 1. The lowest BCUT2D eigenvalue weighted by molar-refractivity contribution is -0.132. The van der Waals surface area contributed by atoms with E-state index in [1.807, 2.05) is 18.2 Å². The number of aromatic hydroxyl groups is 1. The van der Waals surface area contributed by atoms with Crippen molar-refractivity contribution in [1.29, 1.82) is 0 Å². The van der Waals surface area contributed by atoms with Gasteiger partial charge in [-0.05, 0) is 36.8 Å². The van der Waals surface area contributed by atoms with Crippen molar-refractivity contribution in [3.8, 4) is 21.9 Å². The third-order valence-corrected chi connectivity index (χ3v) is 5.55. The van der Waals surface area contributed by atoms with E-state index in [-0.39, 0.29) is 17.7 Å². The molecule has 2 aliphatic heterocycles. The van der Waals surface area contributed by atoms with Crippen LogP contribution in [0.4, 0.5) is 0 Å². The molecule has 0 spiro atoms. The SMILES string of the molecule is Cc1ccc(-c2cc(O)c3c(c2)CN(C(=O)C2C=CCN2)CCO3)s1. The fourth-order valence-corrected chi connectivity index (χ4v) is 4.11. The molecule has 0 saturated carbocycles. The summed E-state index contributed by atoms with van der Waals surface area (Å²) in [6.07, 6.45) is 3.87. The lowest BCUT2D eigenvalue weighted by atomic mass is 10.1. The van der Waals surface area contributed by atoms with Gasteiger partial charge in [-0.3, -0.25) is 10.1 Å². The lowest BCUT2D eigenvalue weighted by Gasteiger charge is -2.23. The Hall–Kier alpha value is -2.31. The van der Waals surface area contributed by atoms with Crippen LogP contribution in [0.1, 0.15) is 10.4 Å². The van der Waals surface area contributed by atoms with Crippen LogP contribution in [0.2, 0.25) is 0 Å². The molecule has 1 amide bonds. The minimum absolute atomic E-state index is 0.0436. The minimum atomic E-state index is -0.265. The van der Waals surface area contributed by atoms with Gasteiger partial charge in [0.2, 0.25) is 5.91 Å². The number of benzene rings is 1. The van der Waals surface area contributed by atoms with Crippen molar-refractivity contribution < 1.29 is 14.6 Å². The number of phenols is 1. The number of hydrogen-bond acceptors (Lipinski definition) is 5. The number of phenolic OH excluding ortho intramolecular Hbond substituents is 1. The molecule has 0 aliphatic carbocycles. The van der Waals surface area contributed by atoms with Crippen LogP contribution >= 0.6 is 11.3 Å². The molecule has 5 nitrogen and oxygen atoms in total. The second-order valence-corrected chi connectivity index (χ2v) is 7.60. The Kier molecular flexibility index (Phi) is 4.23. The van der Waals surface area contributed by atoms with E-state index in [0.29, 0.717) is 25.4 Å². The van der Waals surface area contributed by atoms with Gasteiger partial charge < -0.3 is 14.7 Å². The van der Waals surface area contributed by atoms with Crippen molar-refractivity contribution in [2.45, 2.75) is 19.5 Å². The first kappa shape index (κ1) is 16.2. The quantitative estimate of drug-likeness (QED) is 0.812. The number of ether oxygens (including phenoxy) is 1. The van der Waals surface area contributed by atoms with E-state index in [0.717, 1.165) is 22.5 Å². The van der Waals surface area contributed by atoms with Crippen LogP contribution in [-0.4, -0.2) is 41.7 Å². The van der Waals surface area contributed by atoms with Crippen molar-refractivity contribution in [2.75, 3.05) is 19.7 Å². The molecule has 2 aromatic rings. The van der Waals surface area contributed by atoms with Crippen LogP contribution in [0.3, 0.4) is 0 Å². The number of hydrogen-bond donors (Lipinski definition) is 2. The zero-order valence-electron chi connectivity index (χ0n) is 14.0. The topological polar surface area (TPSA) is 61.8 Å². The number of thiophene rings is 1. The maximum atomic E-state index is 12.7. The minimum Gasteiger partial charge on any atom is -0.504 e. The molecule has 25 heavy (non-hydrogen) atoms. The molecule has 4 rings (SSSR count). The first-order valence-electron chi connectivity index (χ1n) is 8.36. The Balaban J connectivity index is 1.66. The van der Waals surface area contributed by atoms with Gasteiger partial charge in [-0.15, -0.1) is 11.3 Å². The Morgan fingerprint density at radius 1 is 1.40 bits per heavy atom. The van der Waals surface area contributed by atoms with Crippen LogP contribution < -0.4 is 10.1 Å². The highest BCUT2D eigenvalue weighted by atomic mass is 32.1. The van der Waals surface area contributed by atoms with E-state index >= 15 is 0 Å². The number of amides is 1. The summed E-state index contributed by atoms with van der Waals surface area (Å²) in [5, 5.41) is 13.6. The highest BCUT2D eigenvalue weighted by Crippen LogP contribution is 2.39. The van der Waals surface area contributed by atoms with Crippen LogP contribution in [-0.2, 0) is 11.3 Å². The van der Waals surface area contributed by atoms with Crippen LogP contribution in [0.5, 0.6) is 11.5 Å². The summed E-state index contributed by atoms with van der Waals surface area (Å²) in [7, 11) is 0. The molecule has 3 heterocycles. The molecule has 1 atom stereocenters. The number of nitrogens with one attached hydrogen (secondary N) is 1. The zero-order valence-corrected chi connectivity index (χ0v) is 14.8. The largest absolute Gasteiger partial charge is 0.504 e. The summed E-state index contributed by atoms with van der Waals surface area (Å²) in [6, 6.07) is 7.60. The van der Waals surface area contributed by atoms with E-state index in [2.05, 4.69) is 24.4 Å². The maximum Gasteiger partial charge on any atom is 0.244 e. The number of carbonyl (C=O) groups is 1. The van der Waals surface area contributed by atoms with Gasteiger partial charge in [0.05, 0.1) is 6.54 Å². The molecule has 130 valence electrons. The molecule has 0 fully saturated rings. The van der Waals surface area contributed by atoms with Crippen molar-refractivity contribution in [3.63, 3.8) is 0 Å². The van der Waals surface area contributed by atoms with E-state index in [1.54, 1.807) is 22.3 Å². The van der Waals surface area contributed by atoms with Gasteiger partial charge in [0.25, 0.3) is 0 Å². The molecule has 6 heteroatoms. The van der Waals surface area contributed by atoms with Gasteiger partial charge in [0.1, 0.15) is 12.6 Å². The molecular formula is C19H20N2O3S. The highest BCUT2D eigenvalue weighted by molar-refractivity contribution is 7.15. The molecule has 0 saturated heterocycles. The van der Waals surface area contributed by atoms with Gasteiger partial charge in [-0.2, -0.15) is 0 Å². The highest BCUT2D eigenvalue weighted by Gasteiger charge is 2.27. The first-order valence-corrected chi connectivity index (χ1v) is 9.18. The monoisotopic (exact) mass is 356 g/mol. The van der Waals surface area contributed by atoms with E-state index < -0.39 is 0 Å². The molecule has 0 bridgehead atoms. The fraction of sp³-hybridized carbons (Fsp3) is 0.316. The van der Waals surface area contributed by atoms with Gasteiger partial charge in [-0.1, -0.05) is 12.2 Å². The van der Waals surface area contributed by atoms with E-state index in [9.17, 15) is 9.90 Å². The van der Waals surface area contributed by atoms with Crippen LogP contribution in [0.25, 0.3) is 10.4 Å². The zero-order chi connectivity index (χ0) is 17.4. The molecule has 2 aliphatic rings. The molecular weight excluding hydrogens is 336 g/mol. The third-order valence-electron chi connectivity index (χ3n) is 4.50. The number of aryl methyl sites for hydroxylation is 1. The number of rotatable bonds is 2. The summed E-state index contributed by atoms with van der Waals surface area (Å²) in [4.78, 5) is 16.8. The molecule has 1 aromatic heterocycles. The average molecular weight is 356 g/mol. The third kappa shape index (κ3) is 3.15. The normalized spacial score (nSPS) is 19.4. The first-order chi connectivity index (χ1) is 12.1. The van der Waals surface area contributed by atoms with Gasteiger partial charge in [0, 0.05) is 28.4 Å². The van der Waals surface area contributed by atoms with Gasteiger partial charge >= 0.3 is 0 Å². The standard InChI is InChI=1S/C19H20N2O3S/c1-12-4-5-17(25-12)13-9-14-11-21(19(23)15-3-2-6-20-15)7-8-24-18(14)16(22)10-13/h2-5,9-10,15,20,22H,6-8,11H2,1H3. The predicted octanol–water partition coefficient (Wildman–Crippen LogP) is 2.68. The summed E-state index contributed by atoms with van der Waals surface area (Å²) >= 11 is 1.68. The van der Waals surface area contributed by atoms with Crippen molar-refractivity contribution in [2.24, 2.45) is 0 Å². The van der Waals surface area contributed by atoms with Crippen molar-refractivity contribution in [3.05, 3.63) is 46.9 Å². The Morgan fingerprint density at radius 2 is 2.28 bits per heavy atom. The van der Waals surface area contributed by atoms with Gasteiger partial charge in [0.15, 0.2) is 11.5 Å². The van der Waals surface area contributed by atoms with Crippen LogP contribution in [0, 0.1) is 6.92 Å². The lowest BCUT2D eigenvalue weighted by Crippen LogP contribution is -2.44. The maximum absolute atomic E-state index is 12.7. The summed E-state index contributed by atoms with van der Waals surface area (Å²) in [6.45, 7) is 4.10. The second-order valence-electron chi connectivity index (χ2n) is 6.32.